The van der Waals surface area contributed by atoms with Gasteiger partial charge in [0.05, 0.1) is 28.6 Å². The fourth-order valence-corrected chi connectivity index (χ4v) is 5.09. The van der Waals surface area contributed by atoms with Gasteiger partial charge in [0.15, 0.2) is 14.5 Å². The van der Waals surface area contributed by atoms with Gasteiger partial charge in [0, 0.05) is 12.6 Å². The third kappa shape index (κ3) is 2.52. The minimum Gasteiger partial charge on any atom is -0.495 e. The van der Waals surface area contributed by atoms with E-state index < -0.39 is 32.5 Å². The van der Waals surface area contributed by atoms with Crippen LogP contribution in [0.15, 0.2) is 12.1 Å². The van der Waals surface area contributed by atoms with Crippen LogP contribution in [0, 0.1) is 0 Å². The van der Waals surface area contributed by atoms with E-state index in [2.05, 4.69) is 0 Å². The number of nitrogens with zero attached hydrogens (tertiary/aromatic N) is 2. The van der Waals surface area contributed by atoms with Crippen molar-refractivity contribution in [2.24, 2.45) is 0 Å². The van der Waals surface area contributed by atoms with Gasteiger partial charge in [-0.1, -0.05) is 23.2 Å². The highest BCUT2D eigenvalue weighted by Gasteiger charge is 2.55. The van der Waals surface area contributed by atoms with Gasteiger partial charge in [-0.05, 0) is 6.07 Å². The first kappa shape index (κ1) is 17.6. The first-order valence-corrected chi connectivity index (χ1v) is 9.63. The Morgan fingerprint density at radius 3 is 2.50 bits per heavy atom. The normalized spacial score (nSPS) is 25.8. The molecule has 0 bridgehead atoms. The molecule has 1 aromatic carbocycles. The van der Waals surface area contributed by atoms with E-state index >= 15 is 0 Å². The van der Waals surface area contributed by atoms with E-state index in [1.165, 1.54) is 19.2 Å². The van der Waals surface area contributed by atoms with Crippen LogP contribution >= 0.6 is 34.8 Å². The third-order valence-electron chi connectivity index (χ3n) is 3.92. The summed E-state index contributed by atoms with van der Waals surface area (Å²) in [6.45, 7) is -0.111. The summed E-state index contributed by atoms with van der Waals surface area (Å²) in [5.41, 5.74) is 0.0589. The number of carbonyl (C=O) groups is 2. The highest BCUT2D eigenvalue weighted by Crippen LogP contribution is 2.40. The Labute approximate surface area is 152 Å². The lowest BCUT2D eigenvalue weighted by molar-refractivity contribution is -0.119. The molecule has 2 fully saturated rings. The number of sulfone groups is 1. The predicted molar refractivity (Wildman–Crippen MR) is 89.8 cm³/mol. The largest absolute Gasteiger partial charge is 0.495 e. The van der Waals surface area contributed by atoms with Gasteiger partial charge in [-0.3, -0.25) is 4.79 Å². The topological polar surface area (TPSA) is 84.0 Å². The molecule has 0 aromatic heterocycles. The molecule has 0 aliphatic carbocycles. The number of benzene rings is 1. The molecule has 2 atom stereocenters. The Kier molecular flexibility index (Phi) is 4.36. The van der Waals surface area contributed by atoms with E-state index in [0.717, 1.165) is 9.80 Å². The fraction of sp³-hybridized carbons (Fsp3) is 0.385. The minimum atomic E-state index is -3.66. The van der Waals surface area contributed by atoms with Crippen molar-refractivity contribution in [2.45, 2.75) is 10.8 Å². The van der Waals surface area contributed by atoms with E-state index in [9.17, 15) is 18.0 Å². The molecule has 3 amide bonds. The number of alkyl halides is 1. The summed E-state index contributed by atoms with van der Waals surface area (Å²) in [5.74, 6) is -0.839. The van der Waals surface area contributed by atoms with Crippen LogP contribution in [0.1, 0.15) is 0 Å². The van der Waals surface area contributed by atoms with Crippen LogP contribution in [0.5, 0.6) is 5.75 Å². The van der Waals surface area contributed by atoms with Crippen LogP contribution in [0.3, 0.4) is 0 Å². The molecule has 2 unspecified atom stereocenters. The Bertz CT molecular complexity index is 844. The number of urea groups is 1. The second kappa shape index (κ2) is 5.94. The van der Waals surface area contributed by atoms with E-state index in [-0.39, 0.29) is 33.8 Å². The zero-order chi connectivity index (χ0) is 17.8. The first-order chi connectivity index (χ1) is 11.2. The number of rotatable bonds is 2. The quantitative estimate of drug-likeness (QED) is 0.548. The van der Waals surface area contributed by atoms with Gasteiger partial charge in [-0.15, -0.1) is 11.6 Å². The summed E-state index contributed by atoms with van der Waals surface area (Å²) in [5, 5.41) is 0.261. The van der Waals surface area contributed by atoms with Crippen molar-refractivity contribution in [1.82, 2.24) is 4.90 Å². The highest BCUT2D eigenvalue weighted by molar-refractivity contribution is 7.93. The number of ether oxygens (including phenoxy) is 1. The molecular formula is C13H11Cl3N2O5S. The summed E-state index contributed by atoms with van der Waals surface area (Å²) in [4.78, 5) is 27.2. The number of hydrogen-bond donors (Lipinski definition) is 0. The molecular weight excluding hydrogens is 403 g/mol. The first-order valence-electron chi connectivity index (χ1n) is 6.72. The van der Waals surface area contributed by atoms with Crippen LogP contribution in [0.2, 0.25) is 10.0 Å². The van der Waals surface area contributed by atoms with E-state index in [4.69, 9.17) is 39.5 Å². The predicted octanol–water partition coefficient (Wildman–Crippen LogP) is 2.13. The van der Waals surface area contributed by atoms with E-state index in [1.807, 2.05) is 0 Å². The van der Waals surface area contributed by atoms with Gasteiger partial charge in [-0.25, -0.2) is 18.1 Å². The average Bonchev–Trinajstić information content (AvgIpc) is 2.75. The highest BCUT2D eigenvalue weighted by atomic mass is 35.5. The molecule has 0 N–H and O–H groups in total. The lowest BCUT2D eigenvalue weighted by Gasteiger charge is -2.29. The summed E-state index contributed by atoms with van der Waals surface area (Å²) < 4.78 is 27.4. The van der Waals surface area contributed by atoms with Crippen molar-refractivity contribution in [1.29, 1.82) is 0 Å². The van der Waals surface area contributed by atoms with Crippen molar-refractivity contribution in [3.63, 3.8) is 0 Å². The third-order valence-corrected chi connectivity index (χ3v) is 7.26. The Morgan fingerprint density at radius 1 is 1.21 bits per heavy atom. The van der Waals surface area contributed by atoms with Crippen LogP contribution in [0.25, 0.3) is 0 Å². The van der Waals surface area contributed by atoms with Gasteiger partial charge in [0.2, 0.25) is 0 Å². The molecule has 1 aromatic rings. The molecule has 2 aliphatic rings. The number of amides is 3. The molecule has 130 valence electrons. The molecule has 2 saturated heterocycles. The van der Waals surface area contributed by atoms with Crippen LogP contribution in [0.4, 0.5) is 10.5 Å². The summed E-state index contributed by atoms with van der Waals surface area (Å²) in [7, 11) is -2.29. The minimum absolute atomic E-state index is 0.0522. The number of hydrogen-bond acceptors (Lipinski definition) is 5. The van der Waals surface area contributed by atoms with Crippen LogP contribution in [-0.4, -0.2) is 55.4 Å². The molecule has 7 nitrogen and oxygen atoms in total. The Balaban J connectivity index is 2.08. The standard InChI is InChI=1S/C13H11Cl3N2O5S/c1-23-9-5-8(6(14)4-7(9)15)18-12(19)10-11(16)24(21,22)3-2-17(10)13(18)20/h4-5,10-11H,2-3H2,1H3. The van der Waals surface area contributed by atoms with Crippen molar-refractivity contribution in [3.8, 4) is 5.75 Å². The Morgan fingerprint density at radius 2 is 1.88 bits per heavy atom. The van der Waals surface area contributed by atoms with Crippen molar-refractivity contribution >= 4 is 62.3 Å². The van der Waals surface area contributed by atoms with Crippen molar-refractivity contribution in [2.75, 3.05) is 24.3 Å². The molecule has 0 saturated carbocycles. The zero-order valence-corrected chi connectivity index (χ0v) is 15.3. The number of carbonyl (C=O) groups excluding carboxylic acids is 2. The number of imide groups is 1. The van der Waals surface area contributed by atoms with Gasteiger partial charge < -0.3 is 9.64 Å². The second-order valence-corrected chi connectivity index (χ2v) is 9.04. The number of halogens is 3. The fourth-order valence-electron chi connectivity index (χ4n) is 2.70. The summed E-state index contributed by atoms with van der Waals surface area (Å²) in [6, 6.07) is 0.716. The molecule has 0 spiro atoms. The molecule has 3 rings (SSSR count). The van der Waals surface area contributed by atoms with Crippen molar-refractivity contribution < 1.29 is 22.7 Å². The summed E-state index contributed by atoms with van der Waals surface area (Å²) >= 11 is 18.0. The maximum atomic E-state index is 12.7. The second-order valence-electron chi connectivity index (χ2n) is 5.25. The van der Waals surface area contributed by atoms with E-state index in [0.29, 0.717) is 0 Å². The average molecular weight is 414 g/mol. The molecule has 0 radical (unpaired) electrons. The molecule has 11 heteroatoms. The maximum absolute atomic E-state index is 12.7. The van der Waals surface area contributed by atoms with Gasteiger partial charge in [0.25, 0.3) is 5.91 Å². The lowest BCUT2D eigenvalue weighted by atomic mass is 10.2. The van der Waals surface area contributed by atoms with Gasteiger partial charge in [0.1, 0.15) is 11.8 Å². The number of methoxy groups -OCH3 is 1. The maximum Gasteiger partial charge on any atom is 0.332 e. The Hall–Kier alpha value is -1.22. The SMILES string of the molecule is COc1cc(N2C(=O)C3C(Cl)S(=O)(=O)CCN3C2=O)c(Cl)cc1Cl. The summed E-state index contributed by atoms with van der Waals surface area (Å²) in [6.07, 6.45) is 0. The van der Waals surface area contributed by atoms with Gasteiger partial charge in [-0.2, -0.15) is 0 Å². The van der Waals surface area contributed by atoms with Crippen LogP contribution < -0.4 is 9.64 Å². The van der Waals surface area contributed by atoms with Crippen molar-refractivity contribution in [3.05, 3.63) is 22.2 Å². The molecule has 2 aliphatic heterocycles. The van der Waals surface area contributed by atoms with E-state index in [1.54, 1.807) is 0 Å². The van der Waals surface area contributed by atoms with Crippen LogP contribution in [-0.2, 0) is 14.6 Å². The zero-order valence-electron chi connectivity index (χ0n) is 12.2. The molecule has 2 heterocycles. The monoisotopic (exact) mass is 412 g/mol. The number of anilines is 1. The lowest BCUT2D eigenvalue weighted by Crippen LogP contribution is -2.52. The van der Waals surface area contributed by atoms with Gasteiger partial charge >= 0.3 is 6.03 Å². The smallest absolute Gasteiger partial charge is 0.332 e. The number of fused-ring (bicyclic) bond motifs is 1. The molecule has 24 heavy (non-hydrogen) atoms.